The highest BCUT2D eigenvalue weighted by Crippen LogP contribution is 2.62. The van der Waals surface area contributed by atoms with Gasteiger partial charge in [-0.3, -0.25) is 28.6 Å². The average Bonchev–Trinajstić information content (AvgIpc) is 2.90. The molecule has 0 bridgehead atoms. The van der Waals surface area contributed by atoms with Crippen LogP contribution in [0.1, 0.15) is 38.1 Å². The molecule has 0 aliphatic carbocycles. The van der Waals surface area contributed by atoms with Crippen molar-refractivity contribution in [1.82, 2.24) is 0 Å². The second kappa shape index (κ2) is 17.0. The summed E-state index contributed by atoms with van der Waals surface area (Å²) in [6.07, 6.45) is 2.58. The molecule has 17 heteroatoms. The summed E-state index contributed by atoms with van der Waals surface area (Å²) in [7, 11) is -6.78. The predicted molar refractivity (Wildman–Crippen MR) is 190 cm³/mol. The number of rotatable bonds is 6. The lowest BCUT2D eigenvalue weighted by Gasteiger charge is -2.33. The van der Waals surface area contributed by atoms with Crippen molar-refractivity contribution in [2.75, 3.05) is 0 Å². The van der Waals surface area contributed by atoms with Gasteiger partial charge in [-0.15, -0.1) is 10.6 Å². The van der Waals surface area contributed by atoms with Crippen molar-refractivity contribution < 1.29 is 38.1 Å². The van der Waals surface area contributed by atoms with E-state index in [0.717, 1.165) is 27.8 Å². The van der Waals surface area contributed by atoms with Gasteiger partial charge in [0.05, 0.1) is 5.75 Å². The van der Waals surface area contributed by atoms with Crippen LogP contribution in [0.15, 0.2) is 83.1 Å². The van der Waals surface area contributed by atoms with Crippen LogP contribution in [0.3, 0.4) is 0 Å². The molecule has 0 spiro atoms. The van der Waals surface area contributed by atoms with E-state index in [1.807, 2.05) is 58.0 Å². The summed E-state index contributed by atoms with van der Waals surface area (Å²) in [6, 6.07) is 17.4. The molecular weight excluding hydrogens is 785 g/mol. The van der Waals surface area contributed by atoms with E-state index in [4.69, 9.17) is 81.2 Å². The second-order valence-corrected chi connectivity index (χ2v) is 18.9. The molecule has 254 valence electrons. The monoisotopic (exact) mass is 814 g/mol. The van der Waals surface area contributed by atoms with Gasteiger partial charge in [0.2, 0.25) is 12.4 Å². The summed E-state index contributed by atoms with van der Waals surface area (Å²) in [6.45, 7) is 7.57. The quantitative estimate of drug-likeness (QED) is 0.0653. The van der Waals surface area contributed by atoms with Crippen LogP contribution in [-0.4, -0.2) is 31.9 Å². The molecule has 6 N–H and O–H groups in total. The summed E-state index contributed by atoms with van der Waals surface area (Å²) in [4.78, 5) is 0. The molecule has 1 unspecified atom stereocenters. The molecule has 0 aliphatic rings. The number of nitrogens with zero attached hydrogens (tertiary/aromatic N) is 2. The van der Waals surface area contributed by atoms with Crippen molar-refractivity contribution in [3.05, 3.63) is 116 Å². The number of hydrogen-bond donors (Lipinski definition) is 6. The first-order valence-electron chi connectivity index (χ1n) is 12.9. The third-order valence-corrected chi connectivity index (χ3v) is 11.5. The predicted octanol–water partition coefficient (Wildman–Crippen LogP) is 10.9. The third-order valence-electron chi connectivity index (χ3n) is 6.19. The smallest absolute Gasteiger partial charge is 0.290 e. The molecule has 0 fully saturated rings. The summed E-state index contributed by atoms with van der Waals surface area (Å²) >= 11 is 37.6. The standard InChI is InChI=1S/C14H15Cl2NO3S.C14H16ClNO3S.CCl4/c1-9-5-6-10(2)11(8-9)13(16)21(19,20)14-12(15)4-3-7-17(14)18;1-10-5-6-11(2)12(8-10)9-20(18,19)14-13(15)4-3-7-16(14)17;2-1(3,4)5/h3-8,13H,1-2H3,(H2-,18,19,20);3-8H,9H2,1-2H3,(H2-,17,18,19);/p+2. The number of benzene rings is 2. The lowest BCUT2D eigenvalue weighted by atomic mass is 10.1. The Hall–Kier alpha value is -1.09. The Morgan fingerprint density at radius 1 is 0.696 bits per heavy atom. The number of hydrogen-bond acceptors (Lipinski definition) is 6. The van der Waals surface area contributed by atoms with Gasteiger partial charge in [-0.05, 0) is 62.1 Å². The number of aryl methyl sites for hydroxylation is 4. The fraction of sp³-hybridized carbons (Fsp3) is 0.241. The number of aromatic nitrogens is 2. The van der Waals surface area contributed by atoms with Gasteiger partial charge >= 0.3 is 10.1 Å². The molecule has 0 radical (unpaired) electrons. The topological polar surface area (TPSA) is 129 Å². The Morgan fingerprint density at radius 2 is 1.13 bits per heavy atom. The number of pyridine rings is 2. The highest BCUT2D eigenvalue weighted by atomic mass is 35.6. The number of alkyl halides is 5. The van der Waals surface area contributed by atoms with Crippen molar-refractivity contribution in [3.8, 4) is 0 Å². The molecule has 0 saturated carbocycles. The summed E-state index contributed by atoms with van der Waals surface area (Å²) in [5.41, 5.74) is 5.20. The molecule has 2 aromatic carbocycles. The highest BCUT2D eigenvalue weighted by molar-refractivity contribution is 8.25. The van der Waals surface area contributed by atoms with E-state index in [9.17, 15) is 28.6 Å². The second-order valence-electron chi connectivity index (χ2n) is 9.95. The Kier molecular flexibility index (Phi) is 15.2. The Balaban J connectivity index is 0.000000280. The Morgan fingerprint density at radius 3 is 1.61 bits per heavy atom. The normalized spacial score (nSPS) is 13.1. The molecule has 0 aliphatic heterocycles. The Labute approximate surface area is 306 Å². The van der Waals surface area contributed by atoms with E-state index < -0.39 is 29.1 Å². The molecule has 4 rings (SSSR count). The van der Waals surface area contributed by atoms with Crippen molar-refractivity contribution in [3.63, 3.8) is 0 Å². The SMILES string of the molecule is Cc1ccc(C)c(C(Cl)S(O)(O)c2c(Cl)ccc[n+]2O)c1.Cc1ccc(C)c(CS(O)(O)c2c(Cl)ccc[n+]2O)c1.ClC(Cl)(Cl)Cl. The largest absolute Gasteiger partial charge is 0.364 e. The fourth-order valence-corrected chi connectivity index (χ4v) is 8.66. The molecule has 8 nitrogen and oxygen atoms in total. The molecule has 1 atom stereocenters. The maximum atomic E-state index is 10.5. The van der Waals surface area contributed by atoms with Gasteiger partial charge < -0.3 is 0 Å². The van der Waals surface area contributed by atoms with Gasteiger partial charge in [-0.2, -0.15) is 0 Å². The van der Waals surface area contributed by atoms with Crippen molar-refractivity contribution in [2.24, 2.45) is 0 Å². The molecule has 46 heavy (non-hydrogen) atoms. The van der Waals surface area contributed by atoms with Crippen LogP contribution in [0, 0.1) is 27.7 Å². The minimum Gasteiger partial charge on any atom is -0.290 e. The van der Waals surface area contributed by atoms with Gasteiger partial charge in [-0.1, -0.05) is 139 Å². The van der Waals surface area contributed by atoms with E-state index >= 15 is 0 Å². The van der Waals surface area contributed by atoms with Crippen LogP contribution < -0.4 is 9.46 Å². The van der Waals surface area contributed by atoms with Gasteiger partial charge in [0, 0.05) is 21.6 Å². The maximum absolute atomic E-state index is 10.5. The van der Waals surface area contributed by atoms with Crippen LogP contribution >= 0.6 is 102 Å². The van der Waals surface area contributed by atoms with Crippen LogP contribution in [-0.2, 0) is 5.75 Å². The first-order valence-corrected chi connectivity index (χ1v) is 18.9. The molecule has 4 aromatic rings. The molecule has 2 heterocycles. The summed E-state index contributed by atoms with van der Waals surface area (Å²) in [5, 5.41) is 19.5. The van der Waals surface area contributed by atoms with Crippen LogP contribution in [0.2, 0.25) is 10.0 Å². The van der Waals surface area contributed by atoms with Crippen LogP contribution in [0.4, 0.5) is 0 Å². The first-order chi connectivity index (χ1) is 21.1. The van der Waals surface area contributed by atoms with E-state index in [1.54, 1.807) is 6.07 Å². The zero-order valence-corrected chi connectivity index (χ0v) is 31.7. The molecule has 2 aromatic heterocycles. The van der Waals surface area contributed by atoms with Crippen molar-refractivity contribution in [1.29, 1.82) is 0 Å². The zero-order chi connectivity index (χ0) is 35.2. The summed E-state index contributed by atoms with van der Waals surface area (Å²) in [5.74, 6) is 0.0187. The molecule has 0 amide bonds. The van der Waals surface area contributed by atoms with Gasteiger partial charge in [0.25, 0.3) is 3.25 Å². The van der Waals surface area contributed by atoms with E-state index in [2.05, 4.69) is 0 Å². The molecule has 0 saturated heterocycles. The minimum absolute atomic E-state index is 0.0187. The third kappa shape index (κ3) is 11.8. The lowest BCUT2D eigenvalue weighted by molar-refractivity contribution is -0.933. The van der Waals surface area contributed by atoms with Crippen molar-refractivity contribution >= 4 is 102 Å². The van der Waals surface area contributed by atoms with Crippen LogP contribution in [0.5, 0.6) is 0 Å². The van der Waals surface area contributed by atoms with Gasteiger partial charge in [0.15, 0.2) is 4.71 Å². The van der Waals surface area contributed by atoms with Crippen molar-refractivity contribution in [2.45, 2.75) is 51.5 Å². The Bertz CT molecular complexity index is 1610. The minimum atomic E-state index is -3.55. The van der Waals surface area contributed by atoms with E-state index in [0.29, 0.717) is 15.0 Å². The van der Waals surface area contributed by atoms with Crippen LogP contribution in [0.25, 0.3) is 0 Å². The average molecular weight is 818 g/mol. The van der Waals surface area contributed by atoms with E-state index in [-0.39, 0.29) is 25.9 Å². The first kappa shape index (κ1) is 41.1. The number of halogens is 7. The lowest BCUT2D eigenvalue weighted by Crippen LogP contribution is -2.36. The maximum Gasteiger partial charge on any atom is 0.364 e. The molecular formula is C29H33Cl7N2O6S2+2. The van der Waals surface area contributed by atoms with E-state index in [1.165, 1.54) is 36.7 Å². The summed E-state index contributed by atoms with van der Waals surface area (Å²) < 4.78 is 40.4. The highest BCUT2D eigenvalue weighted by Gasteiger charge is 2.39. The van der Waals surface area contributed by atoms with Gasteiger partial charge in [0.1, 0.15) is 10.0 Å². The van der Waals surface area contributed by atoms with Gasteiger partial charge in [-0.25, -0.2) is 0 Å². The fourth-order valence-electron chi connectivity index (χ4n) is 4.02. The zero-order valence-electron chi connectivity index (χ0n) is 24.8.